The predicted octanol–water partition coefficient (Wildman–Crippen LogP) is 3.87. The molecule has 2 aromatic rings. The van der Waals surface area contributed by atoms with Gasteiger partial charge in [-0.2, -0.15) is 0 Å². The average Bonchev–Trinajstić information content (AvgIpc) is 2.42. The number of nitro benzene ring substituents is 1. The monoisotopic (exact) mass is 293 g/mol. The van der Waals surface area contributed by atoms with Crippen molar-refractivity contribution in [3.8, 4) is 11.5 Å². The fourth-order valence-corrected chi connectivity index (χ4v) is 1.65. The summed E-state index contributed by atoms with van der Waals surface area (Å²) in [6, 6.07) is 6.47. The second-order valence-corrected chi connectivity index (χ2v) is 4.15. The minimum Gasteiger partial charge on any atom is -0.444 e. The molecule has 7 heteroatoms. The number of para-hydroxylation sites is 1. The number of rotatable bonds is 4. The largest absolute Gasteiger partial charge is 0.444 e. The molecular weight excluding hydrogens is 284 g/mol. The van der Waals surface area contributed by atoms with E-state index in [-0.39, 0.29) is 11.3 Å². The number of benzene rings is 2. The highest BCUT2D eigenvalue weighted by atomic mass is 19.1. The molecule has 2 rings (SSSR count). The van der Waals surface area contributed by atoms with Crippen LogP contribution in [0.1, 0.15) is 17.3 Å². The molecule has 0 aliphatic carbocycles. The maximum absolute atomic E-state index is 13.8. The van der Waals surface area contributed by atoms with E-state index in [1.54, 1.807) is 0 Å². The number of halogens is 2. The number of hydrogen-bond acceptors (Lipinski definition) is 4. The second kappa shape index (κ2) is 5.66. The van der Waals surface area contributed by atoms with Crippen LogP contribution in [0.15, 0.2) is 36.4 Å². The molecule has 0 heterocycles. The number of carbonyl (C=O) groups is 1. The number of Topliss-reactive ketones (excluding diaryl/α,β-unsaturated/α-hetero) is 1. The third-order valence-corrected chi connectivity index (χ3v) is 2.69. The van der Waals surface area contributed by atoms with E-state index in [1.165, 1.54) is 13.0 Å². The van der Waals surface area contributed by atoms with E-state index in [0.717, 1.165) is 30.3 Å². The van der Waals surface area contributed by atoms with E-state index in [2.05, 4.69) is 0 Å². The second-order valence-electron chi connectivity index (χ2n) is 4.15. The Balaban J connectivity index is 2.44. The van der Waals surface area contributed by atoms with Crippen LogP contribution in [0.25, 0.3) is 0 Å². The zero-order valence-corrected chi connectivity index (χ0v) is 10.8. The van der Waals surface area contributed by atoms with Crippen molar-refractivity contribution in [2.75, 3.05) is 0 Å². The van der Waals surface area contributed by atoms with Crippen LogP contribution in [-0.2, 0) is 0 Å². The van der Waals surface area contributed by atoms with Crippen LogP contribution in [-0.4, -0.2) is 10.7 Å². The molecule has 0 aromatic heterocycles. The first-order chi connectivity index (χ1) is 9.90. The van der Waals surface area contributed by atoms with Crippen LogP contribution in [0.4, 0.5) is 14.5 Å². The summed E-state index contributed by atoms with van der Waals surface area (Å²) in [7, 11) is 0. The fourth-order valence-electron chi connectivity index (χ4n) is 1.65. The summed E-state index contributed by atoms with van der Waals surface area (Å²) in [5.41, 5.74) is -0.507. The van der Waals surface area contributed by atoms with Gasteiger partial charge in [0.1, 0.15) is 0 Å². The fraction of sp³-hybridized carbons (Fsp3) is 0.0714. The maximum atomic E-state index is 13.8. The molecule has 2 aromatic carbocycles. The SMILES string of the molecule is CC(=O)c1ccc(Oc2c(F)cccc2[N+](=O)[O-])c(F)c1. The molecule has 0 aliphatic rings. The van der Waals surface area contributed by atoms with Crippen molar-refractivity contribution >= 4 is 11.5 Å². The molecule has 0 radical (unpaired) electrons. The van der Waals surface area contributed by atoms with E-state index in [1.807, 2.05) is 0 Å². The summed E-state index contributed by atoms with van der Waals surface area (Å²) in [5, 5.41) is 10.8. The Kier molecular flexibility index (Phi) is 3.93. The first-order valence-corrected chi connectivity index (χ1v) is 5.81. The van der Waals surface area contributed by atoms with Gasteiger partial charge in [0.05, 0.1) is 4.92 Å². The van der Waals surface area contributed by atoms with Gasteiger partial charge in [-0.3, -0.25) is 14.9 Å². The minimum absolute atomic E-state index is 0.114. The van der Waals surface area contributed by atoms with Crippen molar-refractivity contribution < 1.29 is 23.2 Å². The minimum atomic E-state index is -0.987. The molecule has 0 fully saturated rings. The molecule has 21 heavy (non-hydrogen) atoms. The number of carbonyl (C=O) groups excluding carboxylic acids is 1. The Morgan fingerprint density at radius 1 is 1.19 bits per heavy atom. The summed E-state index contributed by atoms with van der Waals surface area (Å²) in [6.07, 6.45) is 0. The molecule has 0 spiro atoms. The van der Waals surface area contributed by atoms with Gasteiger partial charge in [0, 0.05) is 11.6 Å². The Bertz CT molecular complexity index is 731. The smallest absolute Gasteiger partial charge is 0.314 e. The summed E-state index contributed by atoms with van der Waals surface area (Å²) in [4.78, 5) is 21.1. The predicted molar refractivity (Wildman–Crippen MR) is 69.5 cm³/mol. The number of hydrogen-bond donors (Lipinski definition) is 0. The van der Waals surface area contributed by atoms with Crippen molar-refractivity contribution in [1.29, 1.82) is 0 Å². The number of ketones is 1. The summed E-state index contributed by atoms with van der Waals surface area (Å²) >= 11 is 0. The highest BCUT2D eigenvalue weighted by molar-refractivity contribution is 5.94. The van der Waals surface area contributed by atoms with Gasteiger partial charge < -0.3 is 4.74 Å². The normalized spacial score (nSPS) is 10.2. The molecule has 0 amide bonds. The van der Waals surface area contributed by atoms with Crippen molar-refractivity contribution in [3.63, 3.8) is 0 Å². The van der Waals surface area contributed by atoms with Gasteiger partial charge in [-0.1, -0.05) is 6.07 Å². The van der Waals surface area contributed by atoms with Gasteiger partial charge in [0.2, 0.25) is 5.75 Å². The molecule has 0 N–H and O–H groups in total. The lowest BCUT2D eigenvalue weighted by Crippen LogP contribution is -1.99. The Hall–Kier alpha value is -2.83. The van der Waals surface area contributed by atoms with Crippen LogP contribution in [0, 0.1) is 21.7 Å². The van der Waals surface area contributed by atoms with Gasteiger partial charge in [-0.15, -0.1) is 0 Å². The van der Waals surface area contributed by atoms with Crippen molar-refractivity contribution in [1.82, 2.24) is 0 Å². The van der Waals surface area contributed by atoms with E-state index in [0.29, 0.717) is 0 Å². The van der Waals surface area contributed by atoms with E-state index in [9.17, 15) is 23.7 Å². The Morgan fingerprint density at radius 2 is 1.90 bits per heavy atom. The van der Waals surface area contributed by atoms with Gasteiger partial charge in [0.25, 0.3) is 0 Å². The lowest BCUT2D eigenvalue weighted by molar-refractivity contribution is -0.385. The van der Waals surface area contributed by atoms with Gasteiger partial charge in [0.15, 0.2) is 23.2 Å². The van der Waals surface area contributed by atoms with Crippen LogP contribution in [0.5, 0.6) is 11.5 Å². The third kappa shape index (κ3) is 3.02. The maximum Gasteiger partial charge on any atom is 0.314 e. The van der Waals surface area contributed by atoms with E-state index >= 15 is 0 Å². The van der Waals surface area contributed by atoms with Crippen LogP contribution < -0.4 is 4.74 Å². The standard InChI is InChI=1S/C14H9F2NO4/c1-8(18)9-5-6-13(11(16)7-9)21-14-10(15)3-2-4-12(14)17(19)20/h2-7H,1H3. The molecule has 5 nitrogen and oxygen atoms in total. The first-order valence-electron chi connectivity index (χ1n) is 5.81. The number of nitro groups is 1. The third-order valence-electron chi connectivity index (χ3n) is 2.69. The Morgan fingerprint density at radius 3 is 2.48 bits per heavy atom. The van der Waals surface area contributed by atoms with Crippen molar-refractivity contribution in [3.05, 3.63) is 63.7 Å². The lowest BCUT2D eigenvalue weighted by atomic mass is 10.1. The van der Waals surface area contributed by atoms with Gasteiger partial charge >= 0.3 is 5.69 Å². The lowest BCUT2D eigenvalue weighted by Gasteiger charge is -2.08. The quantitative estimate of drug-likeness (QED) is 0.487. The molecule has 108 valence electrons. The summed E-state index contributed by atoms with van der Waals surface area (Å²) in [6.45, 7) is 1.26. The van der Waals surface area contributed by atoms with E-state index < -0.39 is 33.7 Å². The number of nitrogens with zero attached hydrogens (tertiary/aromatic N) is 1. The topological polar surface area (TPSA) is 69.4 Å². The Labute approximate surface area is 117 Å². The van der Waals surface area contributed by atoms with Crippen LogP contribution in [0.3, 0.4) is 0 Å². The first kappa shape index (κ1) is 14.6. The average molecular weight is 293 g/mol. The summed E-state index contributed by atoms with van der Waals surface area (Å²) in [5.74, 6) is -3.35. The van der Waals surface area contributed by atoms with E-state index in [4.69, 9.17) is 4.74 Å². The molecule has 0 saturated heterocycles. The molecule has 0 saturated carbocycles. The zero-order chi connectivity index (χ0) is 15.6. The van der Waals surface area contributed by atoms with Crippen molar-refractivity contribution in [2.45, 2.75) is 6.92 Å². The highest BCUT2D eigenvalue weighted by Gasteiger charge is 2.21. The molecule has 0 bridgehead atoms. The number of ether oxygens (including phenoxy) is 1. The zero-order valence-electron chi connectivity index (χ0n) is 10.8. The molecule has 0 atom stereocenters. The molecule has 0 aliphatic heterocycles. The van der Waals surface area contributed by atoms with Crippen molar-refractivity contribution in [2.24, 2.45) is 0 Å². The van der Waals surface area contributed by atoms with Gasteiger partial charge in [-0.25, -0.2) is 8.78 Å². The molecule has 0 unspecified atom stereocenters. The summed E-state index contributed by atoms with van der Waals surface area (Å²) < 4.78 is 32.4. The van der Waals surface area contributed by atoms with Crippen LogP contribution >= 0.6 is 0 Å². The van der Waals surface area contributed by atoms with Crippen LogP contribution in [0.2, 0.25) is 0 Å². The highest BCUT2D eigenvalue weighted by Crippen LogP contribution is 2.34. The van der Waals surface area contributed by atoms with Gasteiger partial charge in [-0.05, 0) is 31.2 Å². The molecular formula is C14H9F2NO4.